The Morgan fingerprint density at radius 3 is 3.05 bits per heavy atom. The van der Waals surface area contributed by atoms with Crippen molar-refractivity contribution in [2.24, 2.45) is 11.8 Å². The standard InChI is InChI=1S/C13H22N6/c1-18-5-2-3-10-9-19(6-4-11(10)18)13-8-15-7-12(16-13)17-14/h7-8,10-11H,2-6,9,14H2,1H3,(H,16,17). The second-order valence-corrected chi connectivity index (χ2v) is 5.59. The third kappa shape index (κ3) is 2.50. The molecule has 2 aliphatic heterocycles. The first-order valence-electron chi connectivity index (χ1n) is 7.02. The fourth-order valence-corrected chi connectivity index (χ4v) is 3.44. The van der Waals surface area contributed by atoms with Gasteiger partial charge in [0.25, 0.3) is 0 Å². The number of fused-ring (bicyclic) bond motifs is 1. The van der Waals surface area contributed by atoms with E-state index in [1.807, 2.05) is 6.20 Å². The van der Waals surface area contributed by atoms with E-state index in [2.05, 4.69) is 32.2 Å². The van der Waals surface area contributed by atoms with Crippen molar-refractivity contribution in [1.29, 1.82) is 0 Å². The average molecular weight is 262 g/mol. The number of piperidine rings is 2. The highest BCUT2D eigenvalue weighted by atomic mass is 15.3. The Kier molecular flexibility index (Phi) is 3.52. The van der Waals surface area contributed by atoms with Crippen LogP contribution in [0.2, 0.25) is 0 Å². The Morgan fingerprint density at radius 1 is 1.32 bits per heavy atom. The summed E-state index contributed by atoms with van der Waals surface area (Å²) in [5, 5.41) is 0. The Bertz CT molecular complexity index is 437. The predicted molar refractivity (Wildman–Crippen MR) is 75.8 cm³/mol. The number of rotatable bonds is 2. The van der Waals surface area contributed by atoms with Gasteiger partial charge in [0.2, 0.25) is 0 Å². The van der Waals surface area contributed by atoms with Crippen LogP contribution in [0.5, 0.6) is 0 Å². The molecule has 104 valence electrons. The number of hydrogen-bond donors (Lipinski definition) is 2. The van der Waals surface area contributed by atoms with Gasteiger partial charge in [0, 0.05) is 19.1 Å². The van der Waals surface area contributed by atoms with Gasteiger partial charge in [-0.2, -0.15) is 0 Å². The summed E-state index contributed by atoms with van der Waals surface area (Å²) in [6.07, 6.45) is 7.32. The third-order valence-corrected chi connectivity index (χ3v) is 4.44. The fourth-order valence-electron chi connectivity index (χ4n) is 3.44. The molecule has 2 fully saturated rings. The van der Waals surface area contributed by atoms with Crippen LogP contribution in [0.25, 0.3) is 0 Å². The second kappa shape index (κ2) is 5.30. The van der Waals surface area contributed by atoms with E-state index in [1.54, 1.807) is 6.20 Å². The number of hydrazine groups is 1. The smallest absolute Gasteiger partial charge is 0.160 e. The molecule has 1 aromatic heterocycles. The maximum atomic E-state index is 5.39. The zero-order chi connectivity index (χ0) is 13.2. The third-order valence-electron chi connectivity index (χ3n) is 4.44. The molecule has 0 saturated carbocycles. The van der Waals surface area contributed by atoms with Crippen molar-refractivity contribution in [3.8, 4) is 0 Å². The molecule has 0 aromatic carbocycles. The highest BCUT2D eigenvalue weighted by Crippen LogP contribution is 2.31. The van der Waals surface area contributed by atoms with Gasteiger partial charge in [-0.25, -0.2) is 10.8 Å². The predicted octanol–water partition coefficient (Wildman–Crippen LogP) is 0.683. The summed E-state index contributed by atoms with van der Waals surface area (Å²) < 4.78 is 0. The summed E-state index contributed by atoms with van der Waals surface area (Å²) in [7, 11) is 2.26. The molecular weight excluding hydrogens is 240 g/mol. The van der Waals surface area contributed by atoms with Crippen molar-refractivity contribution >= 4 is 11.6 Å². The lowest BCUT2D eigenvalue weighted by Gasteiger charge is -2.46. The zero-order valence-electron chi connectivity index (χ0n) is 11.4. The van der Waals surface area contributed by atoms with E-state index in [9.17, 15) is 0 Å². The molecule has 2 unspecified atom stereocenters. The first-order valence-corrected chi connectivity index (χ1v) is 7.02. The van der Waals surface area contributed by atoms with Crippen molar-refractivity contribution in [2.75, 3.05) is 37.0 Å². The van der Waals surface area contributed by atoms with Crippen LogP contribution >= 0.6 is 0 Å². The minimum Gasteiger partial charge on any atom is -0.355 e. The topological polar surface area (TPSA) is 70.3 Å². The van der Waals surface area contributed by atoms with E-state index in [1.165, 1.54) is 25.8 Å². The summed E-state index contributed by atoms with van der Waals surface area (Å²) in [5.74, 6) is 7.71. The molecule has 0 amide bonds. The van der Waals surface area contributed by atoms with Crippen LogP contribution in [0.15, 0.2) is 12.4 Å². The van der Waals surface area contributed by atoms with Crippen LogP contribution in [0.3, 0.4) is 0 Å². The minimum atomic E-state index is 0.625. The molecule has 2 saturated heterocycles. The van der Waals surface area contributed by atoms with Gasteiger partial charge in [-0.15, -0.1) is 0 Å². The average Bonchev–Trinajstić information content (AvgIpc) is 2.47. The molecular formula is C13H22N6. The van der Waals surface area contributed by atoms with Crippen LogP contribution in [0.1, 0.15) is 19.3 Å². The van der Waals surface area contributed by atoms with Gasteiger partial charge < -0.3 is 15.2 Å². The van der Waals surface area contributed by atoms with E-state index in [4.69, 9.17) is 5.84 Å². The Hall–Kier alpha value is -1.40. The molecule has 0 radical (unpaired) electrons. The molecule has 2 atom stereocenters. The molecule has 6 nitrogen and oxygen atoms in total. The number of nitrogens with two attached hydrogens (primary N) is 1. The molecule has 0 spiro atoms. The van der Waals surface area contributed by atoms with Crippen molar-refractivity contribution in [2.45, 2.75) is 25.3 Å². The maximum Gasteiger partial charge on any atom is 0.160 e. The van der Waals surface area contributed by atoms with Gasteiger partial charge in [0.1, 0.15) is 5.82 Å². The van der Waals surface area contributed by atoms with Crippen molar-refractivity contribution < 1.29 is 0 Å². The zero-order valence-corrected chi connectivity index (χ0v) is 11.4. The number of nitrogens with zero attached hydrogens (tertiary/aromatic N) is 4. The second-order valence-electron chi connectivity index (χ2n) is 5.59. The quantitative estimate of drug-likeness (QED) is 0.603. The summed E-state index contributed by atoms with van der Waals surface area (Å²) in [6, 6.07) is 0.744. The normalized spacial score (nSPS) is 28.0. The van der Waals surface area contributed by atoms with Crippen molar-refractivity contribution in [3.05, 3.63) is 12.4 Å². The van der Waals surface area contributed by atoms with E-state index in [-0.39, 0.29) is 0 Å². The first kappa shape index (κ1) is 12.6. The molecule has 3 rings (SSSR count). The lowest BCUT2D eigenvalue weighted by Crippen LogP contribution is -2.52. The number of nitrogens with one attached hydrogen (secondary N) is 1. The molecule has 1 aromatic rings. The molecule has 3 N–H and O–H groups in total. The van der Waals surface area contributed by atoms with Crippen molar-refractivity contribution in [3.63, 3.8) is 0 Å². The van der Waals surface area contributed by atoms with Gasteiger partial charge in [-0.3, -0.25) is 4.98 Å². The summed E-state index contributed by atoms with van der Waals surface area (Å²) in [6.45, 7) is 3.37. The van der Waals surface area contributed by atoms with Crippen LogP contribution in [-0.2, 0) is 0 Å². The lowest BCUT2D eigenvalue weighted by atomic mass is 9.84. The molecule has 0 aliphatic carbocycles. The number of aromatic nitrogens is 2. The van der Waals surface area contributed by atoms with Gasteiger partial charge in [0.05, 0.1) is 12.4 Å². The maximum absolute atomic E-state index is 5.39. The van der Waals surface area contributed by atoms with Crippen LogP contribution < -0.4 is 16.2 Å². The fraction of sp³-hybridized carbons (Fsp3) is 0.692. The van der Waals surface area contributed by atoms with Crippen molar-refractivity contribution in [1.82, 2.24) is 14.9 Å². The lowest BCUT2D eigenvalue weighted by molar-refractivity contribution is 0.102. The molecule has 3 heterocycles. The number of anilines is 2. The van der Waals surface area contributed by atoms with E-state index in [0.29, 0.717) is 5.82 Å². The van der Waals surface area contributed by atoms with Crippen LogP contribution in [0.4, 0.5) is 11.6 Å². The summed E-state index contributed by atoms with van der Waals surface area (Å²) in [4.78, 5) is 13.5. The van der Waals surface area contributed by atoms with Crippen LogP contribution in [-0.4, -0.2) is 47.6 Å². The molecule has 19 heavy (non-hydrogen) atoms. The Morgan fingerprint density at radius 2 is 2.21 bits per heavy atom. The first-order chi connectivity index (χ1) is 9.28. The highest BCUT2D eigenvalue weighted by Gasteiger charge is 2.34. The Balaban J connectivity index is 1.73. The van der Waals surface area contributed by atoms with E-state index in [0.717, 1.165) is 30.9 Å². The summed E-state index contributed by atoms with van der Waals surface area (Å²) in [5.41, 5.74) is 2.56. The number of nitrogen functional groups attached to an aromatic ring is 1. The molecule has 6 heteroatoms. The SMILES string of the molecule is CN1CCCC2CN(c3cncc(NN)n3)CCC21. The largest absolute Gasteiger partial charge is 0.355 e. The highest BCUT2D eigenvalue weighted by molar-refractivity contribution is 5.43. The van der Waals surface area contributed by atoms with E-state index >= 15 is 0 Å². The van der Waals surface area contributed by atoms with Crippen LogP contribution in [0, 0.1) is 5.92 Å². The number of hydrogen-bond acceptors (Lipinski definition) is 6. The van der Waals surface area contributed by atoms with Gasteiger partial charge in [-0.1, -0.05) is 0 Å². The van der Waals surface area contributed by atoms with Gasteiger partial charge in [-0.05, 0) is 38.8 Å². The Labute approximate surface area is 114 Å². The molecule has 0 bridgehead atoms. The van der Waals surface area contributed by atoms with Gasteiger partial charge >= 0.3 is 0 Å². The monoisotopic (exact) mass is 262 g/mol. The van der Waals surface area contributed by atoms with Gasteiger partial charge in [0.15, 0.2) is 5.82 Å². The molecule has 2 aliphatic rings. The van der Waals surface area contributed by atoms with E-state index < -0.39 is 0 Å². The number of likely N-dealkylation sites (tertiary alicyclic amines) is 1. The summed E-state index contributed by atoms with van der Waals surface area (Å²) >= 11 is 0. The minimum absolute atomic E-state index is 0.625.